The largest absolute Gasteiger partial charge is 0.453 e. The number of rotatable bonds is 5. The molecule has 24 heavy (non-hydrogen) atoms. The molecule has 0 bridgehead atoms. The maximum Gasteiger partial charge on any atom is 0.453 e. The Balaban J connectivity index is 1.79. The fraction of sp³-hybridized carbons (Fsp3) is 0.643. The Kier molecular flexibility index (Phi) is 4.59. The second kappa shape index (κ2) is 6.52. The van der Waals surface area contributed by atoms with E-state index in [4.69, 9.17) is 4.74 Å². The molecule has 3 heterocycles. The van der Waals surface area contributed by atoms with Crippen LogP contribution in [-0.4, -0.2) is 53.2 Å². The molecule has 0 radical (unpaired) electrons. The minimum Gasteiger partial charge on any atom is -0.384 e. The van der Waals surface area contributed by atoms with Gasteiger partial charge in [-0.25, -0.2) is 0 Å². The van der Waals surface area contributed by atoms with Gasteiger partial charge in [-0.3, -0.25) is 0 Å². The second-order valence-corrected chi connectivity index (χ2v) is 6.05. The van der Waals surface area contributed by atoms with Crippen LogP contribution < -0.4 is 10.6 Å². The van der Waals surface area contributed by atoms with Gasteiger partial charge in [0.15, 0.2) is 5.65 Å². The van der Waals surface area contributed by atoms with Crippen LogP contribution in [0.2, 0.25) is 0 Å². The van der Waals surface area contributed by atoms with Crippen molar-refractivity contribution < 1.29 is 17.9 Å². The summed E-state index contributed by atoms with van der Waals surface area (Å²) in [6, 6.07) is 3.06. The van der Waals surface area contributed by atoms with Gasteiger partial charge in [0.1, 0.15) is 5.82 Å². The lowest BCUT2D eigenvalue weighted by Gasteiger charge is -2.37. The minimum absolute atomic E-state index is 0.0568. The SMILES string of the molecule is COCC1(CNc2ccc3nnc(C(F)(F)F)n3n2)CCNCC1. The number of anilines is 1. The van der Waals surface area contributed by atoms with Crippen LogP contribution >= 0.6 is 0 Å². The summed E-state index contributed by atoms with van der Waals surface area (Å²) in [6.45, 7) is 2.94. The first-order valence-corrected chi connectivity index (χ1v) is 7.67. The number of nitrogens with zero attached hydrogens (tertiary/aromatic N) is 4. The number of halogens is 3. The van der Waals surface area contributed by atoms with Crippen molar-refractivity contribution >= 4 is 11.5 Å². The summed E-state index contributed by atoms with van der Waals surface area (Å²) in [5.74, 6) is -0.781. The maximum atomic E-state index is 12.9. The molecule has 0 aliphatic carbocycles. The Morgan fingerprint density at radius 1 is 1.29 bits per heavy atom. The number of ether oxygens (including phenoxy) is 1. The van der Waals surface area contributed by atoms with E-state index in [-0.39, 0.29) is 11.1 Å². The third-order valence-electron chi connectivity index (χ3n) is 4.28. The molecule has 0 amide bonds. The van der Waals surface area contributed by atoms with E-state index in [1.54, 1.807) is 13.2 Å². The Morgan fingerprint density at radius 2 is 2.04 bits per heavy atom. The summed E-state index contributed by atoms with van der Waals surface area (Å²) in [4.78, 5) is 0. The fourth-order valence-corrected chi connectivity index (χ4v) is 2.97. The summed E-state index contributed by atoms with van der Waals surface area (Å²) in [6.07, 6.45) is -2.75. The van der Waals surface area contributed by atoms with Gasteiger partial charge in [0.25, 0.3) is 5.82 Å². The van der Waals surface area contributed by atoms with Crippen LogP contribution in [0.25, 0.3) is 5.65 Å². The highest BCUT2D eigenvalue weighted by Gasteiger charge is 2.38. The monoisotopic (exact) mass is 344 g/mol. The van der Waals surface area contributed by atoms with Crippen LogP contribution in [0.15, 0.2) is 12.1 Å². The van der Waals surface area contributed by atoms with Gasteiger partial charge in [0.05, 0.1) is 6.61 Å². The van der Waals surface area contributed by atoms with Crippen molar-refractivity contribution in [3.8, 4) is 0 Å². The standard InChI is InChI=1S/C14H19F3N6O/c1-24-9-13(4-6-18-7-5-13)8-19-10-2-3-11-20-21-12(14(15,16)17)23(11)22-10/h2-3,18H,4-9H2,1H3,(H,19,22). The predicted molar refractivity (Wildman–Crippen MR) is 80.7 cm³/mol. The van der Waals surface area contributed by atoms with E-state index in [1.807, 2.05) is 0 Å². The van der Waals surface area contributed by atoms with Gasteiger partial charge < -0.3 is 15.4 Å². The van der Waals surface area contributed by atoms with Crippen molar-refractivity contribution in [1.82, 2.24) is 25.1 Å². The Labute approximate surface area is 136 Å². The average Bonchev–Trinajstić information content (AvgIpc) is 2.97. The summed E-state index contributed by atoms with van der Waals surface area (Å²) in [7, 11) is 1.65. The van der Waals surface area contributed by atoms with Gasteiger partial charge in [-0.15, -0.1) is 15.3 Å². The van der Waals surface area contributed by atoms with E-state index in [9.17, 15) is 13.2 Å². The Hall–Kier alpha value is -1.94. The van der Waals surface area contributed by atoms with Gasteiger partial charge >= 0.3 is 6.18 Å². The first-order chi connectivity index (χ1) is 11.4. The summed E-state index contributed by atoms with van der Waals surface area (Å²) >= 11 is 0. The predicted octanol–water partition coefficient (Wildman–Crippen LogP) is 1.57. The van der Waals surface area contributed by atoms with E-state index < -0.39 is 12.0 Å². The number of methoxy groups -OCH3 is 1. The summed E-state index contributed by atoms with van der Waals surface area (Å²) < 4.78 is 44.8. The van der Waals surface area contributed by atoms with Gasteiger partial charge in [0.2, 0.25) is 0 Å². The van der Waals surface area contributed by atoms with Crippen molar-refractivity contribution in [3.05, 3.63) is 18.0 Å². The molecule has 0 unspecified atom stereocenters. The van der Waals surface area contributed by atoms with Gasteiger partial charge in [-0.05, 0) is 38.1 Å². The number of hydrogen-bond acceptors (Lipinski definition) is 6. The topological polar surface area (TPSA) is 76.4 Å². The summed E-state index contributed by atoms with van der Waals surface area (Å²) in [5, 5.41) is 17.1. The van der Waals surface area contributed by atoms with Crippen LogP contribution in [0.3, 0.4) is 0 Å². The molecule has 1 aliphatic heterocycles. The number of hydrogen-bond donors (Lipinski definition) is 2. The third kappa shape index (κ3) is 3.44. The molecule has 1 fully saturated rings. The zero-order chi connectivity index (χ0) is 17.2. The van der Waals surface area contributed by atoms with Crippen LogP contribution in [0.5, 0.6) is 0 Å². The van der Waals surface area contributed by atoms with Crippen LogP contribution in [0.4, 0.5) is 19.0 Å². The fourth-order valence-electron chi connectivity index (χ4n) is 2.97. The number of alkyl halides is 3. The van der Waals surface area contributed by atoms with Crippen LogP contribution in [0, 0.1) is 5.41 Å². The highest BCUT2D eigenvalue weighted by Crippen LogP contribution is 2.30. The molecule has 2 aromatic heterocycles. The normalized spacial score (nSPS) is 18.0. The molecule has 132 valence electrons. The molecule has 1 saturated heterocycles. The maximum absolute atomic E-state index is 12.9. The molecular formula is C14H19F3N6O. The highest BCUT2D eigenvalue weighted by atomic mass is 19.4. The quantitative estimate of drug-likeness (QED) is 0.858. The van der Waals surface area contributed by atoms with Crippen molar-refractivity contribution in [1.29, 1.82) is 0 Å². The third-order valence-corrected chi connectivity index (χ3v) is 4.28. The number of aromatic nitrogens is 4. The molecule has 2 aromatic rings. The van der Waals surface area contributed by atoms with E-state index in [1.165, 1.54) is 6.07 Å². The van der Waals surface area contributed by atoms with Crippen molar-refractivity contribution in [2.75, 3.05) is 38.7 Å². The minimum atomic E-state index is -4.60. The molecule has 3 rings (SSSR count). The van der Waals surface area contributed by atoms with Crippen LogP contribution in [-0.2, 0) is 10.9 Å². The average molecular weight is 344 g/mol. The summed E-state index contributed by atoms with van der Waals surface area (Å²) in [5.41, 5.74) is -0.00205. The van der Waals surface area contributed by atoms with Gasteiger partial charge in [0, 0.05) is 19.1 Å². The first-order valence-electron chi connectivity index (χ1n) is 7.67. The highest BCUT2D eigenvalue weighted by molar-refractivity contribution is 5.44. The number of fused-ring (bicyclic) bond motifs is 1. The Morgan fingerprint density at radius 3 is 2.71 bits per heavy atom. The number of piperidine rings is 1. The van der Waals surface area contributed by atoms with E-state index in [0.29, 0.717) is 23.5 Å². The van der Waals surface area contributed by atoms with E-state index in [0.717, 1.165) is 25.9 Å². The zero-order valence-electron chi connectivity index (χ0n) is 13.2. The lowest BCUT2D eigenvalue weighted by atomic mass is 9.79. The lowest BCUT2D eigenvalue weighted by Crippen LogP contribution is -2.44. The second-order valence-electron chi connectivity index (χ2n) is 6.05. The molecule has 1 aliphatic rings. The molecule has 0 spiro atoms. The van der Waals surface area contributed by atoms with Gasteiger partial charge in [-0.1, -0.05) is 0 Å². The molecule has 0 atom stereocenters. The van der Waals surface area contributed by atoms with Crippen LogP contribution in [0.1, 0.15) is 18.7 Å². The van der Waals surface area contributed by atoms with Crippen molar-refractivity contribution in [3.63, 3.8) is 0 Å². The zero-order valence-corrected chi connectivity index (χ0v) is 13.2. The number of nitrogens with one attached hydrogen (secondary N) is 2. The van der Waals surface area contributed by atoms with Crippen molar-refractivity contribution in [2.45, 2.75) is 19.0 Å². The Bertz CT molecular complexity index is 690. The van der Waals surface area contributed by atoms with E-state index >= 15 is 0 Å². The smallest absolute Gasteiger partial charge is 0.384 e. The molecule has 2 N–H and O–H groups in total. The molecule has 7 nitrogen and oxygen atoms in total. The molecule has 10 heteroatoms. The van der Waals surface area contributed by atoms with Gasteiger partial charge in [-0.2, -0.15) is 17.7 Å². The lowest BCUT2D eigenvalue weighted by molar-refractivity contribution is -0.146. The molecule has 0 aromatic carbocycles. The van der Waals surface area contributed by atoms with Crippen molar-refractivity contribution in [2.24, 2.45) is 5.41 Å². The first kappa shape index (κ1) is 16.9. The van der Waals surface area contributed by atoms with E-state index in [2.05, 4.69) is 25.9 Å². The molecular weight excluding hydrogens is 325 g/mol. The molecule has 0 saturated carbocycles.